The fraction of sp³-hybridized carbons (Fsp3) is 0.353. The first kappa shape index (κ1) is 20.4. The molecule has 0 amide bonds. The average molecular weight is 393 g/mol. The maximum absolute atomic E-state index is 12.1. The van der Waals surface area contributed by atoms with Gasteiger partial charge in [0.05, 0.1) is 5.69 Å². The van der Waals surface area contributed by atoms with E-state index in [1.807, 2.05) is 19.9 Å². The van der Waals surface area contributed by atoms with Crippen molar-refractivity contribution in [1.82, 2.24) is 19.8 Å². The second-order valence-electron chi connectivity index (χ2n) is 5.87. The molecule has 27 heavy (non-hydrogen) atoms. The standard InChI is InChI=1S/C17H21ClN6O3/c1-11(2)9-15(20-26-5)12(3)19-27-10-13-14(18)7-6-8-16(13)24-17(25)23(4)21-22-24/h6-9H,10H2,1-5H3/b19-12+,20-15+. The minimum Gasteiger partial charge on any atom is -0.399 e. The van der Waals surface area contributed by atoms with Crippen LogP contribution in [0.5, 0.6) is 0 Å². The van der Waals surface area contributed by atoms with E-state index >= 15 is 0 Å². The molecule has 0 aliphatic heterocycles. The van der Waals surface area contributed by atoms with E-state index in [0.717, 1.165) is 14.9 Å². The van der Waals surface area contributed by atoms with Gasteiger partial charge < -0.3 is 9.68 Å². The Bertz CT molecular complexity index is 954. The van der Waals surface area contributed by atoms with Crippen LogP contribution in [0.15, 0.2) is 45.0 Å². The van der Waals surface area contributed by atoms with Crippen LogP contribution in [0.25, 0.3) is 5.69 Å². The predicted octanol–water partition coefficient (Wildman–Crippen LogP) is 2.48. The van der Waals surface area contributed by atoms with Crippen molar-refractivity contribution in [1.29, 1.82) is 0 Å². The number of aryl methyl sites for hydroxylation is 1. The Kier molecular flexibility index (Phi) is 6.89. The molecule has 10 heteroatoms. The third kappa shape index (κ3) is 5.04. The number of halogens is 1. The fourth-order valence-electron chi connectivity index (χ4n) is 2.16. The van der Waals surface area contributed by atoms with Crippen molar-refractivity contribution >= 4 is 23.0 Å². The van der Waals surface area contributed by atoms with E-state index in [2.05, 4.69) is 20.7 Å². The Hall–Kier alpha value is -2.94. The summed E-state index contributed by atoms with van der Waals surface area (Å²) < 4.78 is 2.28. The summed E-state index contributed by atoms with van der Waals surface area (Å²) in [5, 5.41) is 16.0. The lowest BCUT2D eigenvalue weighted by atomic mass is 10.2. The SMILES string of the molecule is CO/N=C(C=C(C)C)/C(C)=N/OCc1c(Cl)cccc1-n1nnn(C)c1=O. The van der Waals surface area contributed by atoms with Crippen molar-refractivity contribution in [3.8, 4) is 5.69 Å². The van der Waals surface area contributed by atoms with Crippen LogP contribution in [-0.4, -0.2) is 38.3 Å². The monoisotopic (exact) mass is 392 g/mol. The van der Waals surface area contributed by atoms with Gasteiger partial charge in [-0.2, -0.15) is 9.36 Å². The number of tetrazole rings is 1. The molecule has 1 aromatic carbocycles. The molecule has 1 aromatic heterocycles. The highest BCUT2D eigenvalue weighted by Gasteiger charge is 2.14. The third-order valence-electron chi connectivity index (χ3n) is 3.44. The van der Waals surface area contributed by atoms with E-state index in [1.54, 1.807) is 25.1 Å². The van der Waals surface area contributed by atoms with Gasteiger partial charge in [0.15, 0.2) is 0 Å². The molecule has 0 N–H and O–H groups in total. The van der Waals surface area contributed by atoms with Crippen molar-refractivity contribution in [3.63, 3.8) is 0 Å². The molecule has 0 fully saturated rings. The Morgan fingerprint density at radius 1 is 1.26 bits per heavy atom. The molecule has 0 bridgehead atoms. The number of rotatable bonds is 7. The summed E-state index contributed by atoms with van der Waals surface area (Å²) in [6.07, 6.45) is 1.83. The number of hydrogen-bond acceptors (Lipinski definition) is 7. The van der Waals surface area contributed by atoms with Crippen LogP contribution in [0.1, 0.15) is 26.3 Å². The van der Waals surface area contributed by atoms with Crippen molar-refractivity contribution < 1.29 is 9.68 Å². The van der Waals surface area contributed by atoms with E-state index in [0.29, 0.717) is 27.7 Å². The zero-order chi connectivity index (χ0) is 20.0. The third-order valence-corrected chi connectivity index (χ3v) is 3.79. The van der Waals surface area contributed by atoms with E-state index in [4.69, 9.17) is 21.3 Å². The first-order valence-corrected chi connectivity index (χ1v) is 8.42. The maximum atomic E-state index is 12.1. The quantitative estimate of drug-likeness (QED) is 0.532. The molecule has 0 saturated carbocycles. The second-order valence-corrected chi connectivity index (χ2v) is 6.27. The predicted molar refractivity (Wildman–Crippen MR) is 103 cm³/mol. The van der Waals surface area contributed by atoms with Crippen LogP contribution in [0.3, 0.4) is 0 Å². The number of hydrogen-bond donors (Lipinski definition) is 0. The van der Waals surface area contributed by atoms with Gasteiger partial charge in [0.1, 0.15) is 25.1 Å². The number of nitrogens with zero attached hydrogens (tertiary/aromatic N) is 6. The first-order valence-electron chi connectivity index (χ1n) is 8.05. The largest absolute Gasteiger partial charge is 0.399 e. The van der Waals surface area contributed by atoms with E-state index in [9.17, 15) is 4.79 Å². The van der Waals surface area contributed by atoms with Crippen molar-refractivity contribution in [2.45, 2.75) is 27.4 Å². The molecule has 2 aromatic rings. The van der Waals surface area contributed by atoms with Gasteiger partial charge in [-0.1, -0.05) is 33.6 Å². The second kappa shape index (κ2) is 9.13. The summed E-state index contributed by atoms with van der Waals surface area (Å²) in [7, 11) is 2.97. The summed E-state index contributed by atoms with van der Waals surface area (Å²) in [6.45, 7) is 5.66. The minimum atomic E-state index is -0.392. The van der Waals surface area contributed by atoms with Gasteiger partial charge in [0.2, 0.25) is 0 Å². The lowest BCUT2D eigenvalue weighted by molar-refractivity contribution is 0.130. The van der Waals surface area contributed by atoms with Crippen LogP contribution >= 0.6 is 11.6 Å². The molecule has 0 aliphatic rings. The lowest BCUT2D eigenvalue weighted by Crippen LogP contribution is -2.23. The Labute approximate surface area is 161 Å². The van der Waals surface area contributed by atoms with Gasteiger partial charge >= 0.3 is 5.69 Å². The van der Waals surface area contributed by atoms with Gasteiger partial charge in [-0.05, 0) is 49.4 Å². The highest BCUT2D eigenvalue weighted by molar-refractivity contribution is 6.45. The fourth-order valence-corrected chi connectivity index (χ4v) is 2.39. The van der Waals surface area contributed by atoms with Crippen molar-refractivity contribution in [3.05, 3.63) is 50.9 Å². The number of aromatic nitrogens is 4. The van der Waals surface area contributed by atoms with Crippen LogP contribution in [0.2, 0.25) is 5.02 Å². The smallest absolute Gasteiger partial charge is 0.368 e. The molecule has 0 spiro atoms. The first-order chi connectivity index (χ1) is 12.8. The van der Waals surface area contributed by atoms with E-state index in [1.165, 1.54) is 14.2 Å². The Morgan fingerprint density at radius 2 is 2.00 bits per heavy atom. The summed E-state index contributed by atoms with van der Waals surface area (Å²) in [4.78, 5) is 22.4. The summed E-state index contributed by atoms with van der Waals surface area (Å²) in [5.41, 5.74) is 2.76. The van der Waals surface area contributed by atoms with E-state index in [-0.39, 0.29) is 6.61 Å². The molecule has 2 rings (SSSR count). The maximum Gasteiger partial charge on any atom is 0.368 e. The topological polar surface area (TPSA) is 95.9 Å². The molecule has 0 unspecified atom stereocenters. The van der Waals surface area contributed by atoms with Gasteiger partial charge in [0, 0.05) is 17.6 Å². The van der Waals surface area contributed by atoms with Gasteiger partial charge in [-0.15, -0.1) is 0 Å². The molecular formula is C17H21ClN6O3. The highest BCUT2D eigenvalue weighted by Crippen LogP contribution is 2.23. The zero-order valence-corrected chi connectivity index (χ0v) is 16.6. The molecule has 0 aliphatic carbocycles. The summed E-state index contributed by atoms with van der Waals surface area (Å²) in [6, 6.07) is 5.12. The highest BCUT2D eigenvalue weighted by atomic mass is 35.5. The van der Waals surface area contributed by atoms with Crippen molar-refractivity contribution in [2.24, 2.45) is 17.4 Å². The van der Waals surface area contributed by atoms with Crippen molar-refractivity contribution in [2.75, 3.05) is 7.11 Å². The lowest BCUT2D eigenvalue weighted by Gasteiger charge is -2.09. The molecule has 1 heterocycles. The molecule has 9 nitrogen and oxygen atoms in total. The Balaban J connectivity index is 2.28. The molecule has 0 atom stereocenters. The number of allylic oxidation sites excluding steroid dienone is 2. The van der Waals surface area contributed by atoms with Gasteiger partial charge in [-0.3, -0.25) is 0 Å². The van der Waals surface area contributed by atoms with Crippen LogP contribution in [0, 0.1) is 0 Å². The Morgan fingerprint density at radius 3 is 2.59 bits per heavy atom. The normalized spacial score (nSPS) is 12.1. The van der Waals surface area contributed by atoms with Crippen LogP contribution < -0.4 is 5.69 Å². The van der Waals surface area contributed by atoms with E-state index < -0.39 is 5.69 Å². The molecular weight excluding hydrogens is 372 g/mol. The van der Waals surface area contributed by atoms with Crippen LogP contribution in [-0.2, 0) is 23.3 Å². The average Bonchev–Trinajstić information content (AvgIpc) is 2.94. The number of oxime groups is 2. The summed E-state index contributed by atoms with van der Waals surface area (Å²) in [5.74, 6) is 0. The van der Waals surface area contributed by atoms with Gasteiger partial charge in [-0.25, -0.2) is 4.79 Å². The number of benzene rings is 1. The molecule has 144 valence electrons. The van der Waals surface area contributed by atoms with Crippen LogP contribution in [0.4, 0.5) is 0 Å². The molecule has 0 radical (unpaired) electrons. The molecule has 0 saturated heterocycles. The zero-order valence-electron chi connectivity index (χ0n) is 15.8. The summed E-state index contributed by atoms with van der Waals surface area (Å²) >= 11 is 6.28. The minimum absolute atomic E-state index is 0.0322. The van der Waals surface area contributed by atoms with Gasteiger partial charge in [0.25, 0.3) is 0 Å².